The van der Waals surface area contributed by atoms with E-state index in [1.807, 2.05) is 11.0 Å². The maximum Gasteiger partial charge on any atom is -0.0231 e. The average Bonchev–Trinajstić information content (AvgIpc) is 1.68. The molecular weight excluding hydrogens is 199 g/mol. The first kappa shape index (κ1) is 7.21. The minimum Gasteiger partial charge on any atom is -0.0847 e. The fourth-order valence-corrected chi connectivity index (χ4v) is 0.763. The van der Waals surface area contributed by atoms with E-state index in [1.54, 1.807) is 0 Å². The Morgan fingerprint density at radius 1 is 1.57 bits per heavy atom. The van der Waals surface area contributed by atoms with Crippen LogP contribution in [0.15, 0.2) is 21.8 Å². The molecule has 7 heavy (non-hydrogen) atoms. The topological polar surface area (TPSA) is 0 Å². The zero-order valence-electron chi connectivity index (χ0n) is 4.61. The Morgan fingerprint density at radius 3 is 2.29 bits per heavy atom. The van der Waals surface area contributed by atoms with Crippen molar-refractivity contribution in [2.45, 2.75) is 13.8 Å². The first-order valence-corrected chi connectivity index (χ1v) is 3.45. The Kier molecular flexibility index (Phi) is 4.50. The van der Waals surface area contributed by atoms with Crippen LogP contribution in [0.4, 0.5) is 0 Å². The van der Waals surface area contributed by atoms with Crippen molar-refractivity contribution in [3.63, 3.8) is 0 Å². The number of hydrogen-bond donors (Lipinski definition) is 0. The van der Waals surface area contributed by atoms with E-state index in [0.717, 1.165) is 0 Å². The quantitative estimate of drug-likeness (QED) is 0.459. The van der Waals surface area contributed by atoms with Crippen LogP contribution in [0.1, 0.15) is 13.8 Å². The summed E-state index contributed by atoms with van der Waals surface area (Å²) in [5.74, 6) is 0. The van der Waals surface area contributed by atoms with Crippen LogP contribution in [0.5, 0.6) is 0 Å². The molecule has 0 aromatic rings. The highest BCUT2D eigenvalue weighted by atomic mass is 127. The van der Waals surface area contributed by atoms with Gasteiger partial charge in [0.25, 0.3) is 0 Å². The highest BCUT2D eigenvalue weighted by molar-refractivity contribution is 14.1. The van der Waals surface area contributed by atoms with E-state index in [0.29, 0.717) is 0 Å². The lowest BCUT2D eigenvalue weighted by Crippen LogP contribution is -1.58. The molecule has 40 valence electrons. The first-order chi connectivity index (χ1) is 3.31. The number of hydrogen-bond acceptors (Lipinski definition) is 0. The summed E-state index contributed by atoms with van der Waals surface area (Å²) in [5, 5.41) is 0. The molecular formula is C6H9I. The molecule has 0 bridgehead atoms. The van der Waals surface area contributed by atoms with Crippen LogP contribution < -0.4 is 0 Å². The molecule has 0 rings (SSSR count). The van der Waals surface area contributed by atoms with Crippen molar-refractivity contribution in [3.8, 4) is 0 Å². The van der Waals surface area contributed by atoms with Crippen LogP contribution in [0.2, 0.25) is 0 Å². The standard InChI is InChI=1S/C6H9I/c1-3-6(2)4-5-7/h3-5H,1-2H3. The summed E-state index contributed by atoms with van der Waals surface area (Å²) in [4.78, 5) is 0. The lowest BCUT2D eigenvalue weighted by atomic mass is 10.3. The van der Waals surface area contributed by atoms with Gasteiger partial charge >= 0.3 is 0 Å². The lowest BCUT2D eigenvalue weighted by molar-refractivity contribution is 1.49. The SMILES string of the molecule is CC=C(C)C=CI. The number of allylic oxidation sites excluding steroid dienone is 3. The van der Waals surface area contributed by atoms with E-state index in [-0.39, 0.29) is 0 Å². The Labute approximate surface area is 58.4 Å². The van der Waals surface area contributed by atoms with Crippen molar-refractivity contribution in [3.05, 3.63) is 21.8 Å². The molecule has 0 aliphatic carbocycles. The zero-order chi connectivity index (χ0) is 5.70. The highest BCUT2D eigenvalue weighted by Gasteiger charge is 1.70. The van der Waals surface area contributed by atoms with E-state index < -0.39 is 0 Å². The fraction of sp³-hybridized carbons (Fsp3) is 0.333. The van der Waals surface area contributed by atoms with Gasteiger partial charge in [0.1, 0.15) is 0 Å². The van der Waals surface area contributed by atoms with Crippen LogP contribution in [0.25, 0.3) is 0 Å². The second-order valence-corrected chi connectivity index (χ2v) is 2.04. The molecule has 0 N–H and O–H groups in total. The Morgan fingerprint density at radius 2 is 2.14 bits per heavy atom. The van der Waals surface area contributed by atoms with Crippen LogP contribution in [0, 0.1) is 0 Å². The average molecular weight is 208 g/mol. The fourth-order valence-electron chi connectivity index (χ4n) is 0.196. The van der Waals surface area contributed by atoms with Crippen LogP contribution in [-0.2, 0) is 0 Å². The minimum absolute atomic E-state index is 1.31. The molecule has 0 heterocycles. The van der Waals surface area contributed by atoms with Gasteiger partial charge in [-0.25, -0.2) is 0 Å². The molecule has 0 saturated heterocycles. The van der Waals surface area contributed by atoms with Crippen LogP contribution in [0.3, 0.4) is 0 Å². The molecule has 0 aromatic heterocycles. The molecule has 0 saturated carbocycles. The maximum absolute atomic E-state index is 2.20. The van der Waals surface area contributed by atoms with Gasteiger partial charge in [-0.15, -0.1) is 0 Å². The zero-order valence-corrected chi connectivity index (χ0v) is 6.77. The second kappa shape index (κ2) is 4.37. The molecule has 0 aliphatic rings. The van der Waals surface area contributed by atoms with Gasteiger partial charge < -0.3 is 0 Å². The van der Waals surface area contributed by atoms with Gasteiger partial charge in [-0.05, 0) is 17.9 Å². The molecule has 0 amide bonds. The Bertz CT molecular complexity index is 90.4. The molecule has 0 nitrogen and oxygen atoms in total. The van der Waals surface area contributed by atoms with Crippen molar-refractivity contribution in [1.29, 1.82) is 0 Å². The van der Waals surface area contributed by atoms with Crippen molar-refractivity contribution >= 4 is 22.6 Å². The van der Waals surface area contributed by atoms with E-state index in [4.69, 9.17) is 0 Å². The summed E-state index contributed by atoms with van der Waals surface area (Å²) in [5.41, 5.74) is 1.31. The predicted molar refractivity (Wildman–Crippen MR) is 42.6 cm³/mol. The molecule has 0 fully saturated rings. The minimum atomic E-state index is 1.31. The largest absolute Gasteiger partial charge is 0.0847 e. The Hall–Kier alpha value is 0.210. The summed E-state index contributed by atoms with van der Waals surface area (Å²) < 4.78 is 2.01. The molecule has 0 radical (unpaired) electrons. The van der Waals surface area contributed by atoms with Crippen LogP contribution in [-0.4, -0.2) is 0 Å². The van der Waals surface area contributed by atoms with E-state index in [2.05, 4.69) is 41.7 Å². The van der Waals surface area contributed by atoms with E-state index in [1.165, 1.54) is 5.57 Å². The van der Waals surface area contributed by atoms with Gasteiger partial charge in [0.2, 0.25) is 0 Å². The number of halogens is 1. The third kappa shape index (κ3) is 4.05. The van der Waals surface area contributed by atoms with Crippen molar-refractivity contribution < 1.29 is 0 Å². The molecule has 0 spiro atoms. The van der Waals surface area contributed by atoms with Crippen molar-refractivity contribution in [2.75, 3.05) is 0 Å². The van der Waals surface area contributed by atoms with Crippen LogP contribution >= 0.6 is 22.6 Å². The monoisotopic (exact) mass is 208 g/mol. The summed E-state index contributed by atoms with van der Waals surface area (Å²) in [6.45, 7) is 4.11. The van der Waals surface area contributed by atoms with Gasteiger partial charge in [0.05, 0.1) is 0 Å². The third-order valence-corrected chi connectivity index (χ3v) is 1.14. The van der Waals surface area contributed by atoms with Gasteiger partial charge in [-0.3, -0.25) is 0 Å². The summed E-state index contributed by atoms with van der Waals surface area (Å²) >= 11 is 2.20. The Balaban J connectivity index is 3.58. The predicted octanol–water partition coefficient (Wildman–Crippen LogP) is 2.90. The van der Waals surface area contributed by atoms with Crippen molar-refractivity contribution in [2.24, 2.45) is 0 Å². The first-order valence-electron chi connectivity index (χ1n) is 2.21. The van der Waals surface area contributed by atoms with Gasteiger partial charge in [-0.2, -0.15) is 0 Å². The van der Waals surface area contributed by atoms with Crippen molar-refractivity contribution in [1.82, 2.24) is 0 Å². The summed E-state index contributed by atoms with van der Waals surface area (Å²) in [7, 11) is 0. The van der Waals surface area contributed by atoms with Gasteiger partial charge in [0, 0.05) is 0 Å². The molecule has 0 aromatic carbocycles. The summed E-state index contributed by atoms with van der Waals surface area (Å²) in [6, 6.07) is 0. The van der Waals surface area contributed by atoms with E-state index in [9.17, 15) is 0 Å². The summed E-state index contributed by atoms with van der Waals surface area (Å²) in [6.07, 6.45) is 4.15. The molecule has 1 heteroatoms. The van der Waals surface area contributed by atoms with Gasteiger partial charge in [0.15, 0.2) is 0 Å². The lowest BCUT2D eigenvalue weighted by Gasteiger charge is -1.80. The third-order valence-electron chi connectivity index (χ3n) is 0.781. The number of rotatable bonds is 1. The molecule has 0 unspecified atom stereocenters. The van der Waals surface area contributed by atoms with Gasteiger partial charge in [-0.1, -0.05) is 40.3 Å². The highest BCUT2D eigenvalue weighted by Crippen LogP contribution is 1.95. The normalized spacial score (nSPS) is 13.3. The maximum atomic E-state index is 2.20. The second-order valence-electron chi connectivity index (χ2n) is 1.33. The smallest absolute Gasteiger partial charge is 0.0231 e. The molecule has 0 atom stereocenters. The molecule has 0 aliphatic heterocycles. The van der Waals surface area contributed by atoms with E-state index >= 15 is 0 Å².